The van der Waals surface area contributed by atoms with Gasteiger partial charge in [0.1, 0.15) is 5.75 Å². The van der Waals surface area contributed by atoms with Gasteiger partial charge in [-0.25, -0.2) is 0 Å². The van der Waals surface area contributed by atoms with Crippen LogP contribution in [-0.2, 0) is 11.3 Å². The van der Waals surface area contributed by atoms with Crippen molar-refractivity contribution in [1.82, 2.24) is 10.3 Å². The van der Waals surface area contributed by atoms with E-state index in [2.05, 4.69) is 10.3 Å². The number of ether oxygens (including phenoxy) is 1. The van der Waals surface area contributed by atoms with Crippen LogP contribution in [0.4, 0.5) is 0 Å². The summed E-state index contributed by atoms with van der Waals surface area (Å²) in [6.45, 7) is 0.279. The molecule has 0 spiro atoms. The van der Waals surface area contributed by atoms with E-state index in [1.165, 1.54) is 0 Å². The van der Waals surface area contributed by atoms with Crippen LogP contribution in [0, 0.1) is 0 Å². The summed E-state index contributed by atoms with van der Waals surface area (Å²) in [5, 5.41) is 5.70. The molecular weight excluding hydrogens is 379 g/mol. The molecule has 2 heterocycles. The van der Waals surface area contributed by atoms with E-state index in [4.69, 9.17) is 27.9 Å². The fraction of sp³-hybridized carbons (Fsp3) is 0.111. The second-order valence-corrected chi connectivity index (χ2v) is 6.96. The molecule has 0 saturated heterocycles. The third-order valence-corrected chi connectivity index (χ3v) is 4.76. The molecule has 2 aromatic heterocycles. The molecule has 0 aliphatic carbocycles. The van der Waals surface area contributed by atoms with Crippen LogP contribution in [0.5, 0.6) is 5.75 Å². The number of halogens is 2. The van der Waals surface area contributed by atoms with Crippen LogP contribution >= 0.6 is 34.5 Å². The van der Waals surface area contributed by atoms with Gasteiger partial charge in [-0.05, 0) is 47.3 Å². The lowest BCUT2D eigenvalue weighted by atomic mass is 10.2. The van der Waals surface area contributed by atoms with Gasteiger partial charge in [-0.1, -0.05) is 29.3 Å². The van der Waals surface area contributed by atoms with Crippen molar-refractivity contribution in [3.8, 4) is 16.3 Å². The number of benzene rings is 1. The summed E-state index contributed by atoms with van der Waals surface area (Å²) >= 11 is 13.5. The van der Waals surface area contributed by atoms with Crippen molar-refractivity contribution in [3.63, 3.8) is 0 Å². The second kappa shape index (κ2) is 8.34. The first kappa shape index (κ1) is 17.7. The Kier molecular flexibility index (Phi) is 5.91. The standard InChI is InChI=1S/C18H14Cl2N2O2S/c19-13-3-4-16(14(20)9-13)24-11-18(23)22-10-12-5-6-21-15(8-12)17-2-1-7-25-17/h1-9H,10-11H2,(H,22,23). The summed E-state index contributed by atoms with van der Waals surface area (Å²) in [4.78, 5) is 17.4. The zero-order valence-electron chi connectivity index (χ0n) is 13.0. The summed E-state index contributed by atoms with van der Waals surface area (Å²) in [5.41, 5.74) is 1.86. The predicted octanol–water partition coefficient (Wildman–Crippen LogP) is 4.81. The maximum atomic E-state index is 12.0. The zero-order valence-corrected chi connectivity index (χ0v) is 15.4. The number of hydrogen-bond acceptors (Lipinski definition) is 4. The predicted molar refractivity (Wildman–Crippen MR) is 101 cm³/mol. The van der Waals surface area contributed by atoms with Gasteiger partial charge in [-0.2, -0.15) is 0 Å². The Morgan fingerprint density at radius 3 is 2.84 bits per heavy atom. The number of pyridine rings is 1. The molecule has 25 heavy (non-hydrogen) atoms. The van der Waals surface area contributed by atoms with E-state index in [0.717, 1.165) is 16.1 Å². The highest BCUT2D eigenvalue weighted by Gasteiger charge is 2.07. The largest absolute Gasteiger partial charge is 0.482 e. The van der Waals surface area contributed by atoms with Crippen LogP contribution < -0.4 is 10.1 Å². The lowest BCUT2D eigenvalue weighted by Crippen LogP contribution is -2.28. The quantitative estimate of drug-likeness (QED) is 0.654. The molecule has 0 fully saturated rings. The van der Waals surface area contributed by atoms with Gasteiger partial charge in [-0.15, -0.1) is 11.3 Å². The fourth-order valence-electron chi connectivity index (χ4n) is 2.13. The van der Waals surface area contributed by atoms with Gasteiger partial charge >= 0.3 is 0 Å². The first-order valence-electron chi connectivity index (χ1n) is 7.45. The maximum Gasteiger partial charge on any atom is 0.258 e. The highest BCUT2D eigenvalue weighted by atomic mass is 35.5. The topological polar surface area (TPSA) is 51.2 Å². The van der Waals surface area contributed by atoms with Crippen molar-refractivity contribution in [2.75, 3.05) is 6.61 Å². The Morgan fingerprint density at radius 2 is 2.08 bits per heavy atom. The molecule has 3 aromatic rings. The van der Waals surface area contributed by atoms with Gasteiger partial charge < -0.3 is 10.1 Å². The van der Waals surface area contributed by atoms with E-state index in [9.17, 15) is 4.79 Å². The molecule has 0 saturated carbocycles. The number of hydrogen-bond donors (Lipinski definition) is 1. The molecule has 0 aliphatic heterocycles. The average Bonchev–Trinajstić information content (AvgIpc) is 3.14. The number of thiophene rings is 1. The molecule has 7 heteroatoms. The van der Waals surface area contributed by atoms with Gasteiger partial charge in [0, 0.05) is 17.8 Å². The number of carbonyl (C=O) groups excluding carboxylic acids is 1. The van der Waals surface area contributed by atoms with E-state index in [-0.39, 0.29) is 12.5 Å². The SMILES string of the molecule is O=C(COc1ccc(Cl)cc1Cl)NCc1ccnc(-c2cccs2)c1. The van der Waals surface area contributed by atoms with Gasteiger partial charge in [0.2, 0.25) is 0 Å². The third kappa shape index (κ3) is 4.95. The third-order valence-electron chi connectivity index (χ3n) is 3.34. The first-order chi connectivity index (χ1) is 12.1. The number of amides is 1. The van der Waals surface area contributed by atoms with E-state index in [1.54, 1.807) is 35.7 Å². The molecular formula is C18H14Cl2N2O2S. The Balaban J connectivity index is 1.53. The lowest BCUT2D eigenvalue weighted by Gasteiger charge is -2.09. The molecule has 0 atom stereocenters. The van der Waals surface area contributed by atoms with Crippen molar-refractivity contribution in [2.45, 2.75) is 6.54 Å². The van der Waals surface area contributed by atoms with E-state index in [1.807, 2.05) is 29.6 Å². The molecule has 0 aliphatic rings. The smallest absolute Gasteiger partial charge is 0.258 e. The summed E-state index contributed by atoms with van der Waals surface area (Å²) < 4.78 is 5.41. The zero-order chi connectivity index (χ0) is 17.6. The molecule has 0 unspecified atom stereocenters. The van der Waals surface area contributed by atoms with Crippen molar-refractivity contribution < 1.29 is 9.53 Å². The summed E-state index contributed by atoms with van der Waals surface area (Å²) in [5.74, 6) is 0.186. The number of rotatable bonds is 6. The van der Waals surface area contributed by atoms with Crippen LogP contribution in [0.25, 0.3) is 10.6 Å². The lowest BCUT2D eigenvalue weighted by molar-refractivity contribution is -0.123. The first-order valence-corrected chi connectivity index (χ1v) is 9.09. The summed E-state index contributed by atoms with van der Waals surface area (Å²) in [6.07, 6.45) is 1.74. The van der Waals surface area contributed by atoms with E-state index < -0.39 is 0 Å². The average molecular weight is 393 g/mol. The normalized spacial score (nSPS) is 10.5. The molecule has 4 nitrogen and oxygen atoms in total. The summed E-state index contributed by atoms with van der Waals surface area (Å²) in [6, 6.07) is 12.7. The minimum atomic E-state index is -0.236. The van der Waals surface area contributed by atoms with Gasteiger partial charge in [-0.3, -0.25) is 9.78 Å². The fourth-order valence-corrected chi connectivity index (χ4v) is 3.29. The van der Waals surface area contributed by atoms with Crippen molar-refractivity contribution in [1.29, 1.82) is 0 Å². The van der Waals surface area contributed by atoms with Crippen LogP contribution in [0.3, 0.4) is 0 Å². The second-order valence-electron chi connectivity index (χ2n) is 5.17. The van der Waals surface area contributed by atoms with Gasteiger partial charge in [0.05, 0.1) is 15.6 Å². The van der Waals surface area contributed by atoms with Crippen molar-refractivity contribution in [3.05, 3.63) is 69.7 Å². The minimum absolute atomic E-state index is 0.121. The van der Waals surface area contributed by atoms with E-state index >= 15 is 0 Å². The van der Waals surface area contributed by atoms with Crippen LogP contribution in [-0.4, -0.2) is 17.5 Å². The Bertz CT molecular complexity index is 869. The highest BCUT2D eigenvalue weighted by Crippen LogP contribution is 2.27. The Labute approximate surface area is 159 Å². The van der Waals surface area contributed by atoms with Gasteiger partial charge in [0.15, 0.2) is 6.61 Å². The molecule has 1 amide bonds. The van der Waals surface area contributed by atoms with E-state index in [0.29, 0.717) is 22.3 Å². The van der Waals surface area contributed by atoms with Crippen molar-refractivity contribution in [2.24, 2.45) is 0 Å². The van der Waals surface area contributed by atoms with Crippen molar-refractivity contribution >= 4 is 40.4 Å². The number of nitrogens with one attached hydrogen (secondary N) is 1. The minimum Gasteiger partial charge on any atom is -0.482 e. The molecule has 128 valence electrons. The Morgan fingerprint density at radius 1 is 1.20 bits per heavy atom. The number of carbonyl (C=O) groups is 1. The molecule has 1 aromatic carbocycles. The van der Waals surface area contributed by atoms with Crippen LogP contribution in [0.2, 0.25) is 10.0 Å². The van der Waals surface area contributed by atoms with Crippen LogP contribution in [0.15, 0.2) is 54.0 Å². The number of aromatic nitrogens is 1. The highest BCUT2D eigenvalue weighted by molar-refractivity contribution is 7.13. The summed E-state index contributed by atoms with van der Waals surface area (Å²) in [7, 11) is 0. The van der Waals surface area contributed by atoms with Gasteiger partial charge in [0.25, 0.3) is 5.91 Å². The molecule has 1 N–H and O–H groups in total. The Hall–Kier alpha value is -2.08. The monoisotopic (exact) mass is 392 g/mol. The number of nitrogens with zero attached hydrogens (tertiary/aromatic N) is 1. The van der Waals surface area contributed by atoms with Crippen LogP contribution in [0.1, 0.15) is 5.56 Å². The molecule has 3 rings (SSSR count). The molecule has 0 radical (unpaired) electrons. The molecule has 0 bridgehead atoms. The maximum absolute atomic E-state index is 12.0.